The summed E-state index contributed by atoms with van der Waals surface area (Å²) >= 11 is 0. The van der Waals surface area contributed by atoms with Crippen LogP contribution in [-0.2, 0) is 0 Å². The third-order valence-electron chi connectivity index (χ3n) is 0.850. The Bertz CT molecular complexity index is 150. The Morgan fingerprint density at radius 1 is 0.778 bits per heavy atom. The van der Waals surface area contributed by atoms with E-state index in [1.54, 1.807) is 0 Å². The van der Waals surface area contributed by atoms with Crippen LogP contribution < -0.4 is 0 Å². The molecule has 2 nitrogen and oxygen atoms in total. The molecule has 0 saturated heterocycles. The first-order chi connectivity index (χ1) is 3.79. The van der Waals surface area contributed by atoms with Crippen molar-refractivity contribution in [2.24, 2.45) is 0 Å². The first kappa shape index (κ1) is 8.82. The van der Waals surface area contributed by atoms with E-state index < -0.39 is 0 Å². The minimum atomic E-state index is 0. The molecule has 0 aliphatic heterocycles. The normalized spacial score (nSPS) is 8.00. The van der Waals surface area contributed by atoms with E-state index in [4.69, 9.17) is 10.2 Å². The van der Waals surface area contributed by atoms with Crippen molar-refractivity contribution >= 4 is 29.6 Å². The molecule has 44 valence electrons. The third-order valence-corrected chi connectivity index (χ3v) is 0.850. The summed E-state index contributed by atoms with van der Waals surface area (Å²) in [6.07, 6.45) is 0. The molecule has 1 aromatic carbocycles. The number of aromatic hydroxyl groups is 2. The topological polar surface area (TPSA) is 40.5 Å². The van der Waals surface area contributed by atoms with Crippen molar-refractivity contribution in [2.75, 3.05) is 0 Å². The number of hydrogen-bond acceptors (Lipinski definition) is 2. The van der Waals surface area contributed by atoms with E-state index in [0.29, 0.717) is 0 Å². The Labute approximate surface area is 75.4 Å². The van der Waals surface area contributed by atoms with Gasteiger partial charge in [-0.25, -0.2) is 0 Å². The van der Waals surface area contributed by atoms with Crippen LogP contribution in [0, 0.1) is 0 Å². The van der Waals surface area contributed by atoms with Crippen molar-refractivity contribution in [1.29, 1.82) is 0 Å². The molecule has 0 heterocycles. The summed E-state index contributed by atoms with van der Waals surface area (Å²) in [4.78, 5) is 0. The fourth-order valence-corrected chi connectivity index (χ4v) is 0.453. The molecule has 0 radical (unpaired) electrons. The summed E-state index contributed by atoms with van der Waals surface area (Å²) in [6.45, 7) is 0. The summed E-state index contributed by atoms with van der Waals surface area (Å²) in [6, 6.07) is 5.70. The standard InChI is InChI=1S/C6H6O2.Na.H/c7-5-1-2-6(8)4-3-5;;/h1-4,7-8H;;. The van der Waals surface area contributed by atoms with Crippen LogP contribution in [0.3, 0.4) is 0 Å². The van der Waals surface area contributed by atoms with Gasteiger partial charge >= 0.3 is 29.6 Å². The van der Waals surface area contributed by atoms with Crippen LogP contribution in [0.25, 0.3) is 0 Å². The molecule has 0 aliphatic carbocycles. The molecular formula is C6H7NaO2. The fourth-order valence-electron chi connectivity index (χ4n) is 0.453. The van der Waals surface area contributed by atoms with E-state index in [0.717, 1.165) is 0 Å². The quantitative estimate of drug-likeness (QED) is 0.399. The van der Waals surface area contributed by atoms with Gasteiger partial charge in [0.2, 0.25) is 0 Å². The maximum atomic E-state index is 8.65. The number of rotatable bonds is 0. The van der Waals surface area contributed by atoms with E-state index in [9.17, 15) is 0 Å². The molecule has 3 heteroatoms. The van der Waals surface area contributed by atoms with Crippen LogP contribution in [0.1, 0.15) is 0 Å². The Balaban J connectivity index is 0.000000640. The first-order valence-electron chi connectivity index (χ1n) is 2.27. The SMILES string of the molecule is Oc1ccc(O)cc1.[NaH]. The van der Waals surface area contributed by atoms with Gasteiger partial charge in [-0.05, 0) is 24.3 Å². The molecule has 0 aromatic heterocycles. The first-order valence-corrected chi connectivity index (χ1v) is 2.27. The second-order valence-corrected chi connectivity index (χ2v) is 1.52. The zero-order chi connectivity index (χ0) is 5.98. The average molecular weight is 134 g/mol. The van der Waals surface area contributed by atoms with Gasteiger partial charge in [0, 0.05) is 0 Å². The van der Waals surface area contributed by atoms with Gasteiger partial charge in [-0.1, -0.05) is 0 Å². The van der Waals surface area contributed by atoms with Crippen LogP contribution in [0.15, 0.2) is 24.3 Å². The molecule has 2 N–H and O–H groups in total. The summed E-state index contributed by atoms with van der Waals surface area (Å²) in [7, 11) is 0. The molecule has 1 rings (SSSR count). The molecule has 9 heavy (non-hydrogen) atoms. The van der Waals surface area contributed by atoms with Crippen LogP contribution in [-0.4, -0.2) is 39.8 Å². The maximum absolute atomic E-state index is 8.65. The van der Waals surface area contributed by atoms with Crippen molar-refractivity contribution < 1.29 is 10.2 Å². The predicted molar refractivity (Wildman–Crippen MR) is 36.9 cm³/mol. The minimum absolute atomic E-state index is 0. The van der Waals surface area contributed by atoms with Gasteiger partial charge < -0.3 is 10.2 Å². The zero-order valence-corrected chi connectivity index (χ0v) is 4.20. The van der Waals surface area contributed by atoms with Crippen molar-refractivity contribution in [3.63, 3.8) is 0 Å². The van der Waals surface area contributed by atoms with Crippen LogP contribution in [0.4, 0.5) is 0 Å². The van der Waals surface area contributed by atoms with E-state index in [-0.39, 0.29) is 41.1 Å². The molecule has 0 fully saturated rings. The van der Waals surface area contributed by atoms with Crippen LogP contribution >= 0.6 is 0 Å². The third kappa shape index (κ3) is 2.75. The molecule has 1 aromatic rings. The Morgan fingerprint density at radius 2 is 1.00 bits per heavy atom. The number of phenolic OH excluding ortho intramolecular Hbond substituents is 2. The molecule has 0 aliphatic rings. The van der Waals surface area contributed by atoms with Crippen molar-refractivity contribution in [2.45, 2.75) is 0 Å². The molecule has 0 spiro atoms. The van der Waals surface area contributed by atoms with Crippen molar-refractivity contribution in [1.82, 2.24) is 0 Å². The van der Waals surface area contributed by atoms with Crippen molar-refractivity contribution in [3.8, 4) is 11.5 Å². The molecule has 0 unspecified atom stereocenters. The van der Waals surface area contributed by atoms with E-state index in [1.165, 1.54) is 24.3 Å². The second kappa shape index (κ2) is 3.77. The van der Waals surface area contributed by atoms with Gasteiger partial charge in [-0.2, -0.15) is 0 Å². The average Bonchev–Trinajstić information content (AvgIpc) is 1.77. The Morgan fingerprint density at radius 3 is 1.22 bits per heavy atom. The zero-order valence-electron chi connectivity index (χ0n) is 4.20. The number of benzene rings is 1. The predicted octanol–water partition coefficient (Wildman–Crippen LogP) is 0.449. The monoisotopic (exact) mass is 134 g/mol. The molecule has 0 amide bonds. The van der Waals surface area contributed by atoms with E-state index >= 15 is 0 Å². The molecule has 0 atom stereocenters. The van der Waals surface area contributed by atoms with Gasteiger partial charge in [-0.15, -0.1) is 0 Å². The van der Waals surface area contributed by atoms with Gasteiger partial charge in [0.1, 0.15) is 11.5 Å². The summed E-state index contributed by atoms with van der Waals surface area (Å²) in [5, 5.41) is 17.3. The molecule has 0 bridgehead atoms. The number of hydrogen-bond donors (Lipinski definition) is 2. The fraction of sp³-hybridized carbons (Fsp3) is 0. The number of phenols is 2. The van der Waals surface area contributed by atoms with Gasteiger partial charge in [0.05, 0.1) is 0 Å². The second-order valence-electron chi connectivity index (χ2n) is 1.52. The Hall–Kier alpha value is -0.180. The van der Waals surface area contributed by atoms with E-state index in [1.807, 2.05) is 0 Å². The summed E-state index contributed by atoms with van der Waals surface area (Å²) < 4.78 is 0. The van der Waals surface area contributed by atoms with Gasteiger partial charge in [0.25, 0.3) is 0 Å². The summed E-state index contributed by atoms with van der Waals surface area (Å²) in [5.74, 6) is 0.339. The van der Waals surface area contributed by atoms with Crippen molar-refractivity contribution in [3.05, 3.63) is 24.3 Å². The van der Waals surface area contributed by atoms with Crippen LogP contribution in [0.5, 0.6) is 11.5 Å². The van der Waals surface area contributed by atoms with Crippen LogP contribution in [0.2, 0.25) is 0 Å². The molecular weight excluding hydrogens is 127 g/mol. The van der Waals surface area contributed by atoms with Gasteiger partial charge in [0.15, 0.2) is 0 Å². The van der Waals surface area contributed by atoms with E-state index in [2.05, 4.69) is 0 Å². The summed E-state index contributed by atoms with van der Waals surface area (Å²) in [5.41, 5.74) is 0. The Kier molecular flexibility index (Phi) is 3.70. The van der Waals surface area contributed by atoms with Gasteiger partial charge in [-0.3, -0.25) is 0 Å². The molecule has 0 saturated carbocycles.